The van der Waals surface area contributed by atoms with E-state index in [0.717, 1.165) is 30.4 Å². The lowest BCUT2D eigenvalue weighted by atomic mass is 9.62. The molecule has 0 bridgehead atoms. The Kier molecular flexibility index (Phi) is 8.84. The molecule has 2 amide bonds. The normalized spacial score (nSPS) is 21.7. The molecular weight excluding hydrogens is 514 g/mol. The zero-order chi connectivity index (χ0) is 25.1. The SMILES string of the molecule is CC1(C)C[C@H](NC(=O)Cc2ccc(Cl)cc2Cl)C[C@](C)(CNC(=O)Cc2ccc(Cl)cc2Cl)C1. The molecule has 1 fully saturated rings. The minimum Gasteiger partial charge on any atom is -0.355 e. The highest BCUT2D eigenvalue weighted by Crippen LogP contribution is 2.45. The lowest BCUT2D eigenvalue weighted by Gasteiger charge is -2.47. The molecule has 0 aromatic heterocycles. The van der Waals surface area contributed by atoms with Crippen molar-refractivity contribution in [3.8, 4) is 0 Å². The van der Waals surface area contributed by atoms with Gasteiger partial charge in [-0.1, -0.05) is 79.3 Å². The van der Waals surface area contributed by atoms with Crippen molar-refractivity contribution in [2.75, 3.05) is 6.54 Å². The summed E-state index contributed by atoms with van der Waals surface area (Å²) in [6, 6.07) is 10.3. The van der Waals surface area contributed by atoms with Gasteiger partial charge in [-0.05, 0) is 65.5 Å². The largest absolute Gasteiger partial charge is 0.355 e. The van der Waals surface area contributed by atoms with Gasteiger partial charge in [-0.2, -0.15) is 0 Å². The summed E-state index contributed by atoms with van der Waals surface area (Å²) >= 11 is 24.3. The summed E-state index contributed by atoms with van der Waals surface area (Å²) in [6.45, 7) is 7.10. The summed E-state index contributed by atoms with van der Waals surface area (Å²) in [5.74, 6) is -0.164. The molecule has 4 nitrogen and oxygen atoms in total. The van der Waals surface area contributed by atoms with Crippen molar-refractivity contribution >= 4 is 58.2 Å². The van der Waals surface area contributed by atoms with Gasteiger partial charge in [0.1, 0.15) is 0 Å². The molecule has 184 valence electrons. The van der Waals surface area contributed by atoms with Gasteiger partial charge in [0.05, 0.1) is 12.8 Å². The van der Waals surface area contributed by atoms with E-state index in [9.17, 15) is 9.59 Å². The van der Waals surface area contributed by atoms with E-state index in [4.69, 9.17) is 46.4 Å². The lowest BCUT2D eigenvalue weighted by Crippen LogP contribution is -2.50. The van der Waals surface area contributed by atoms with Gasteiger partial charge < -0.3 is 10.6 Å². The average molecular weight is 544 g/mol. The summed E-state index contributed by atoms with van der Waals surface area (Å²) in [6.07, 6.45) is 2.98. The van der Waals surface area contributed by atoms with Crippen LogP contribution in [0.4, 0.5) is 0 Å². The maximum atomic E-state index is 12.8. The fourth-order valence-electron chi connectivity index (χ4n) is 5.20. The van der Waals surface area contributed by atoms with Crippen LogP contribution in [-0.2, 0) is 22.4 Å². The van der Waals surface area contributed by atoms with Crippen LogP contribution in [0.1, 0.15) is 51.2 Å². The zero-order valence-corrected chi connectivity index (χ0v) is 22.6. The number of carbonyl (C=O) groups is 2. The number of hydrogen-bond donors (Lipinski definition) is 2. The van der Waals surface area contributed by atoms with Gasteiger partial charge in [0.15, 0.2) is 0 Å². The maximum Gasteiger partial charge on any atom is 0.224 e. The number of nitrogens with one attached hydrogen (secondary N) is 2. The van der Waals surface area contributed by atoms with Gasteiger partial charge in [0.2, 0.25) is 11.8 Å². The second-order valence-corrected chi connectivity index (χ2v) is 12.1. The van der Waals surface area contributed by atoms with Crippen LogP contribution in [-0.4, -0.2) is 24.4 Å². The number of halogens is 4. The number of carbonyl (C=O) groups excluding carboxylic acids is 2. The Bertz CT molecular complexity index is 1070. The van der Waals surface area contributed by atoms with Crippen LogP contribution in [0.5, 0.6) is 0 Å². The van der Waals surface area contributed by atoms with E-state index in [2.05, 4.69) is 31.4 Å². The van der Waals surface area contributed by atoms with Crippen LogP contribution in [0, 0.1) is 10.8 Å². The fourth-order valence-corrected chi connectivity index (χ4v) is 6.15. The van der Waals surface area contributed by atoms with Gasteiger partial charge in [-0.3, -0.25) is 9.59 Å². The molecule has 8 heteroatoms. The highest BCUT2D eigenvalue weighted by atomic mass is 35.5. The van der Waals surface area contributed by atoms with Gasteiger partial charge in [0.25, 0.3) is 0 Å². The van der Waals surface area contributed by atoms with E-state index >= 15 is 0 Å². The molecular formula is C26H30Cl4N2O2. The minimum absolute atomic E-state index is 0.00920. The third kappa shape index (κ3) is 7.78. The van der Waals surface area contributed by atoms with E-state index in [-0.39, 0.29) is 41.5 Å². The third-order valence-electron chi connectivity index (χ3n) is 6.25. The van der Waals surface area contributed by atoms with E-state index < -0.39 is 0 Å². The van der Waals surface area contributed by atoms with E-state index in [1.165, 1.54) is 0 Å². The van der Waals surface area contributed by atoms with Crippen molar-refractivity contribution < 1.29 is 9.59 Å². The average Bonchev–Trinajstić information content (AvgIpc) is 2.69. The fraction of sp³-hybridized carbons (Fsp3) is 0.462. The molecule has 0 radical (unpaired) electrons. The van der Waals surface area contributed by atoms with E-state index in [1.54, 1.807) is 36.4 Å². The van der Waals surface area contributed by atoms with Gasteiger partial charge >= 0.3 is 0 Å². The molecule has 1 aliphatic rings. The summed E-state index contributed by atoms with van der Waals surface area (Å²) in [5.41, 5.74) is 1.35. The summed E-state index contributed by atoms with van der Waals surface area (Å²) in [7, 11) is 0. The first kappa shape index (κ1) is 27.1. The maximum absolute atomic E-state index is 12.8. The second-order valence-electron chi connectivity index (χ2n) is 10.4. The number of benzene rings is 2. The smallest absolute Gasteiger partial charge is 0.224 e. The van der Waals surface area contributed by atoms with E-state index in [0.29, 0.717) is 26.6 Å². The molecule has 2 N–H and O–H groups in total. The predicted molar refractivity (Wildman–Crippen MR) is 141 cm³/mol. The molecule has 1 saturated carbocycles. The van der Waals surface area contributed by atoms with Crippen molar-refractivity contribution in [2.45, 2.75) is 58.9 Å². The van der Waals surface area contributed by atoms with Gasteiger partial charge in [0, 0.05) is 32.7 Å². The number of rotatable bonds is 7. The first-order valence-corrected chi connectivity index (χ1v) is 12.8. The van der Waals surface area contributed by atoms with Crippen LogP contribution in [0.15, 0.2) is 36.4 Å². The number of amides is 2. The lowest BCUT2D eigenvalue weighted by molar-refractivity contribution is -0.123. The highest BCUT2D eigenvalue weighted by molar-refractivity contribution is 6.35. The Morgan fingerprint density at radius 3 is 1.91 bits per heavy atom. The molecule has 1 aliphatic carbocycles. The molecule has 0 saturated heterocycles. The van der Waals surface area contributed by atoms with Crippen molar-refractivity contribution in [1.29, 1.82) is 0 Å². The Morgan fingerprint density at radius 2 is 1.38 bits per heavy atom. The number of hydrogen-bond acceptors (Lipinski definition) is 2. The van der Waals surface area contributed by atoms with Gasteiger partial charge in [-0.15, -0.1) is 0 Å². The molecule has 34 heavy (non-hydrogen) atoms. The Labute approximate surface area is 221 Å². The molecule has 2 aromatic rings. The molecule has 0 heterocycles. The van der Waals surface area contributed by atoms with Crippen molar-refractivity contribution in [3.63, 3.8) is 0 Å². The molecule has 0 aliphatic heterocycles. The first-order chi connectivity index (χ1) is 15.8. The predicted octanol–water partition coefficient (Wildman–Crippen LogP) is 6.90. The van der Waals surface area contributed by atoms with Crippen LogP contribution in [0.25, 0.3) is 0 Å². The summed E-state index contributed by atoms with van der Waals surface area (Å²) in [4.78, 5) is 25.4. The highest BCUT2D eigenvalue weighted by Gasteiger charge is 2.41. The van der Waals surface area contributed by atoms with Crippen molar-refractivity contribution in [2.24, 2.45) is 10.8 Å². The first-order valence-electron chi connectivity index (χ1n) is 11.3. The van der Waals surface area contributed by atoms with Gasteiger partial charge in [-0.25, -0.2) is 0 Å². The quantitative estimate of drug-likeness (QED) is 0.399. The van der Waals surface area contributed by atoms with Crippen LogP contribution < -0.4 is 10.6 Å². The monoisotopic (exact) mass is 542 g/mol. The van der Waals surface area contributed by atoms with Crippen LogP contribution in [0.3, 0.4) is 0 Å². The molecule has 0 spiro atoms. The Morgan fingerprint density at radius 1 is 0.853 bits per heavy atom. The van der Waals surface area contributed by atoms with Crippen molar-refractivity contribution in [1.82, 2.24) is 10.6 Å². The zero-order valence-electron chi connectivity index (χ0n) is 19.6. The van der Waals surface area contributed by atoms with Crippen LogP contribution in [0.2, 0.25) is 20.1 Å². The molecule has 0 unspecified atom stereocenters. The van der Waals surface area contributed by atoms with E-state index in [1.807, 2.05) is 0 Å². The van der Waals surface area contributed by atoms with Crippen LogP contribution >= 0.6 is 46.4 Å². The minimum atomic E-state index is -0.156. The standard InChI is InChI=1S/C26H30Cl4N2O2/c1-25(2)12-20(32-24(34)9-17-5-7-19(28)11-22(17)30)13-26(3,14-25)15-31-23(33)8-16-4-6-18(27)10-21(16)29/h4-7,10-11,20H,8-9,12-15H2,1-3H3,(H,31,33)(H,32,34)/t20-,26-/m0/s1. The molecule has 2 aromatic carbocycles. The molecule has 2 atom stereocenters. The summed E-state index contributed by atoms with van der Waals surface area (Å²) < 4.78 is 0. The topological polar surface area (TPSA) is 58.2 Å². The second kappa shape index (κ2) is 11.1. The Hall–Kier alpha value is -1.46. The van der Waals surface area contributed by atoms with Crippen molar-refractivity contribution in [3.05, 3.63) is 67.6 Å². The summed E-state index contributed by atoms with van der Waals surface area (Å²) in [5, 5.41) is 8.31. The third-order valence-corrected chi connectivity index (χ3v) is 7.43. The Balaban J connectivity index is 1.59. The molecule has 3 rings (SSSR count).